The third-order valence-electron chi connectivity index (χ3n) is 8.09. The van der Waals surface area contributed by atoms with Gasteiger partial charge in [-0.15, -0.1) is 0 Å². The largest absolute Gasteiger partial charge is 0.490 e. The number of likely N-dealkylation sites (tertiary alicyclic amines) is 1. The van der Waals surface area contributed by atoms with Crippen molar-refractivity contribution < 1.29 is 19.4 Å². The summed E-state index contributed by atoms with van der Waals surface area (Å²) in [5.41, 5.74) is 4.20. The molecule has 5 aromatic rings. The number of benzene rings is 3. The summed E-state index contributed by atoms with van der Waals surface area (Å²) in [6.45, 7) is 6.06. The van der Waals surface area contributed by atoms with Crippen molar-refractivity contribution in [2.45, 2.75) is 52.1 Å². The minimum atomic E-state index is -0.959. The Hall–Kier alpha value is -4.85. The van der Waals surface area contributed by atoms with E-state index in [0.717, 1.165) is 66.3 Å². The standard InChI is InChI=1S/C34H33ClN6O4/c1-2-40-22-37-18-27(40)19-41-31-16-24(34(42)43)6-8-30(31)38-33(41)20-39-12-10-28(11-13-39)45-29-5-3-4-23(14-29)21-44-32-9-7-26(35)15-25(32)17-36/h3-9,14-16,18,22,28H,2,10-13,19-21H2,1H3,(H,42,43). The highest BCUT2D eigenvalue weighted by molar-refractivity contribution is 6.30. The van der Waals surface area contributed by atoms with E-state index in [4.69, 9.17) is 26.1 Å². The monoisotopic (exact) mass is 624 g/mol. The first-order chi connectivity index (χ1) is 21.9. The highest BCUT2D eigenvalue weighted by Crippen LogP contribution is 2.26. The van der Waals surface area contributed by atoms with Gasteiger partial charge in [0.05, 0.1) is 47.3 Å². The fourth-order valence-corrected chi connectivity index (χ4v) is 5.86. The number of aromatic carboxylic acids is 1. The van der Waals surface area contributed by atoms with Crippen LogP contribution < -0.4 is 9.47 Å². The molecule has 0 spiro atoms. The van der Waals surface area contributed by atoms with Gasteiger partial charge in [-0.25, -0.2) is 14.8 Å². The van der Waals surface area contributed by atoms with Crippen molar-refractivity contribution in [3.63, 3.8) is 0 Å². The Bertz CT molecular complexity index is 1870. The number of carboxylic acids is 1. The molecule has 1 N–H and O–H groups in total. The van der Waals surface area contributed by atoms with Gasteiger partial charge >= 0.3 is 5.97 Å². The lowest BCUT2D eigenvalue weighted by Crippen LogP contribution is -2.38. The molecule has 0 radical (unpaired) electrons. The molecule has 0 saturated carbocycles. The molecular weight excluding hydrogens is 592 g/mol. The fourth-order valence-electron chi connectivity index (χ4n) is 5.69. The van der Waals surface area contributed by atoms with Crippen molar-refractivity contribution in [2.75, 3.05) is 13.1 Å². The maximum atomic E-state index is 11.7. The quantitative estimate of drug-likeness (QED) is 0.186. The molecule has 0 atom stereocenters. The Morgan fingerprint density at radius 2 is 1.96 bits per heavy atom. The molecule has 0 unspecified atom stereocenters. The van der Waals surface area contributed by atoms with Crippen LogP contribution in [0, 0.1) is 11.3 Å². The van der Waals surface area contributed by atoms with Crippen molar-refractivity contribution in [3.8, 4) is 17.6 Å². The smallest absolute Gasteiger partial charge is 0.335 e. The van der Waals surface area contributed by atoms with Crippen LogP contribution in [0.15, 0.2) is 73.2 Å². The summed E-state index contributed by atoms with van der Waals surface area (Å²) in [5.74, 6) is 1.21. The van der Waals surface area contributed by atoms with Crippen molar-refractivity contribution >= 4 is 28.6 Å². The zero-order valence-corrected chi connectivity index (χ0v) is 25.7. The summed E-state index contributed by atoms with van der Waals surface area (Å²) in [6, 6.07) is 20.1. The van der Waals surface area contributed by atoms with Gasteiger partial charge in [-0.2, -0.15) is 5.26 Å². The Morgan fingerprint density at radius 1 is 1.11 bits per heavy atom. The summed E-state index contributed by atoms with van der Waals surface area (Å²) in [5, 5.41) is 19.5. The van der Waals surface area contributed by atoms with Crippen LogP contribution in [0.2, 0.25) is 5.02 Å². The van der Waals surface area contributed by atoms with Crippen LogP contribution in [-0.2, 0) is 26.2 Å². The zero-order chi connectivity index (χ0) is 31.3. The fraction of sp³-hybridized carbons (Fsp3) is 0.294. The predicted octanol–water partition coefficient (Wildman–Crippen LogP) is 6.15. The summed E-state index contributed by atoms with van der Waals surface area (Å²) in [4.78, 5) is 23.3. The molecule has 1 aliphatic heterocycles. The van der Waals surface area contributed by atoms with Gasteiger partial charge in [0.2, 0.25) is 0 Å². The average Bonchev–Trinajstić information content (AvgIpc) is 3.65. The second-order valence-electron chi connectivity index (χ2n) is 11.1. The van der Waals surface area contributed by atoms with Crippen LogP contribution >= 0.6 is 11.6 Å². The molecule has 3 heterocycles. The minimum absolute atomic E-state index is 0.0784. The molecular formula is C34H33ClN6O4. The van der Waals surface area contributed by atoms with Crippen LogP contribution in [0.25, 0.3) is 11.0 Å². The third kappa shape index (κ3) is 6.95. The van der Waals surface area contributed by atoms with Gasteiger partial charge in [-0.1, -0.05) is 23.7 Å². The number of nitrogens with zero attached hydrogens (tertiary/aromatic N) is 6. The molecule has 10 nitrogen and oxygen atoms in total. The first kappa shape index (κ1) is 30.2. The molecule has 0 aliphatic carbocycles. The summed E-state index contributed by atoms with van der Waals surface area (Å²) < 4.78 is 16.5. The predicted molar refractivity (Wildman–Crippen MR) is 170 cm³/mol. The number of piperidine rings is 1. The number of carbonyl (C=O) groups is 1. The van der Waals surface area contributed by atoms with Crippen molar-refractivity contribution in [1.29, 1.82) is 5.26 Å². The first-order valence-corrected chi connectivity index (χ1v) is 15.3. The highest BCUT2D eigenvalue weighted by Gasteiger charge is 2.23. The average molecular weight is 625 g/mol. The number of halogens is 1. The van der Waals surface area contributed by atoms with E-state index in [1.807, 2.05) is 36.8 Å². The maximum Gasteiger partial charge on any atom is 0.335 e. The lowest BCUT2D eigenvalue weighted by Gasteiger charge is -2.32. The van der Waals surface area contributed by atoms with Gasteiger partial charge in [-0.05, 0) is 73.9 Å². The number of hydrogen-bond donors (Lipinski definition) is 1. The first-order valence-electron chi connectivity index (χ1n) is 14.9. The van der Waals surface area contributed by atoms with Gasteiger partial charge in [0.1, 0.15) is 36.1 Å². The van der Waals surface area contributed by atoms with E-state index in [2.05, 4.69) is 32.0 Å². The minimum Gasteiger partial charge on any atom is -0.490 e. The molecule has 2 aromatic heterocycles. The van der Waals surface area contributed by atoms with Gasteiger partial charge in [0.25, 0.3) is 0 Å². The number of rotatable bonds is 11. The van der Waals surface area contributed by atoms with Crippen molar-refractivity contribution in [1.82, 2.24) is 24.0 Å². The van der Waals surface area contributed by atoms with E-state index in [1.54, 1.807) is 36.4 Å². The maximum absolute atomic E-state index is 11.7. The lowest BCUT2D eigenvalue weighted by molar-refractivity contribution is 0.0697. The number of aryl methyl sites for hydroxylation is 1. The summed E-state index contributed by atoms with van der Waals surface area (Å²) in [6.07, 6.45) is 5.47. The molecule has 45 heavy (non-hydrogen) atoms. The highest BCUT2D eigenvalue weighted by atomic mass is 35.5. The number of nitriles is 1. The van der Waals surface area contributed by atoms with E-state index >= 15 is 0 Å². The van der Waals surface area contributed by atoms with Gasteiger partial charge < -0.3 is 23.7 Å². The van der Waals surface area contributed by atoms with Crippen LogP contribution in [0.3, 0.4) is 0 Å². The van der Waals surface area contributed by atoms with Crippen LogP contribution in [0.5, 0.6) is 11.5 Å². The van der Waals surface area contributed by atoms with E-state index in [-0.39, 0.29) is 11.7 Å². The van der Waals surface area contributed by atoms with E-state index in [0.29, 0.717) is 36.0 Å². The molecule has 0 amide bonds. The lowest BCUT2D eigenvalue weighted by atomic mass is 10.1. The summed E-state index contributed by atoms with van der Waals surface area (Å²) >= 11 is 6.00. The second-order valence-corrected chi connectivity index (χ2v) is 11.5. The number of fused-ring (bicyclic) bond motifs is 1. The molecule has 1 saturated heterocycles. The van der Waals surface area contributed by atoms with Gasteiger partial charge in [0, 0.05) is 30.9 Å². The number of aromatic nitrogens is 4. The molecule has 230 valence electrons. The topological polar surface area (TPSA) is 118 Å². The number of hydrogen-bond acceptors (Lipinski definition) is 7. The molecule has 0 bridgehead atoms. The normalized spacial score (nSPS) is 14.0. The Balaban J connectivity index is 1.10. The second kappa shape index (κ2) is 13.4. The van der Waals surface area contributed by atoms with E-state index in [9.17, 15) is 15.2 Å². The zero-order valence-electron chi connectivity index (χ0n) is 24.9. The summed E-state index contributed by atoms with van der Waals surface area (Å²) in [7, 11) is 0. The molecule has 1 fully saturated rings. The van der Waals surface area contributed by atoms with Gasteiger partial charge in [0.15, 0.2) is 0 Å². The number of carboxylic acid groups (broad SMARTS) is 1. The van der Waals surface area contributed by atoms with E-state index in [1.165, 1.54) is 0 Å². The molecule has 1 aliphatic rings. The van der Waals surface area contributed by atoms with Crippen LogP contribution in [0.1, 0.15) is 52.8 Å². The molecule has 11 heteroatoms. The van der Waals surface area contributed by atoms with Gasteiger partial charge in [-0.3, -0.25) is 4.90 Å². The van der Waals surface area contributed by atoms with Crippen LogP contribution in [-0.4, -0.2) is 54.3 Å². The molecule has 6 rings (SSSR count). The third-order valence-corrected chi connectivity index (χ3v) is 8.33. The molecule has 3 aromatic carbocycles. The number of ether oxygens (including phenoxy) is 2. The Morgan fingerprint density at radius 3 is 2.73 bits per heavy atom. The van der Waals surface area contributed by atoms with E-state index < -0.39 is 5.97 Å². The Kier molecular flexibility index (Phi) is 9.01. The SMILES string of the molecule is CCn1cncc1Cn1c(CN2CCC(Oc3cccc(COc4ccc(Cl)cc4C#N)c3)CC2)nc2ccc(C(=O)O)cc21. The number of imidazole rings is 2. The van der Waals surface area contributed by atoms with Crippen LogP contribution in [0.4, 0.5) is 0 Å². The Labute approximate surface area is 266 Å². The van der Waals surface area contributed by atoms with Crippen molar-refractivity contribution in [3.05, 3.63) is 106 Å². The van der Waals surface area contributed by atoms with Crippen molar-refractivity contribution in [2.24, 2.45) is 0 Å².